The smallest absolute Gasteiger partial charge is 0.0897 e. The van der Waals surface area contributed by atoms with Gasteiger partial charge in [-0.05, 0) is 26.8 Å². The number of nitrogens with zero attached hydrogens (tertiary/aromatic N) is 2. The maximum Gasteiger partial charge on any atom is 0.0897 e. The monoisotopic (exact) mass is 253 g/mol. The first-order valence-electron chi connectivity index (χ1n) is 6.46. The van der Waals surface area contributed by atoms with Gasteiger partial charge < -0.3 is 5.73 Å². The SMILES string of the molecule is Cc1nc(CN(C)CC2(N)CCCCC2)cs1. The minimum Gasteiger partial charge on any atom is -0.324 e. The van der Waals surface area contributed by atoms with Crippen LogP contribution in [0.2, 0.25) is 0 Å². The topological polar surface area (TPSA) is 42.2 Å². The lowest BCUT2D eigenvalue weighted by Crippen LogP contribution is -2.50. The Hall–Kier alpha value is -0.450. The molecule has 0 bridgehead atoms. The van der Waals surface area contributed by atoms with Crippen molar-refractivity contribution < 1.29 is 0 Å². The van der Waals surface area contributed by atoms with Crippen molar-refractivity contribution >= 4 is 11.3 Å². The van der Waals surface area contributed by atoms with E-state index in [2.05, 4.69) is 29.2 Å². The van der Waals surface area contributed by atoms with Crippen molar-refractivity contribution in [2.75, 3.05) is 13.6 Å². The summed E-state index contributed by atoms with van der Waals surface area (Å²) in [4.78, 5) is 6.82. The first-order valence-corrected chi connectivity index (χ1v) is 7.34. The van der Waals surface area contributed by atoms with Gasteiger partial charge in [0.1, 0.15) is 0 Å². The first-order chi connectivity index (χ1) is 8.07. The number of aryl methyl sites for hydroxylation is 1. The number of hydrogen-bond donors (Lipinski definition) is 1. The molecule has 1 aromatic rings. The van der Waals surface area contributed by atoms with Crippen LogP contribution in [0.4, 0.5) is 0 Å². The molecule has 0 radical (unpaired) electrons. The highest BCUT2D eigenvalue weighted by Gasteiger charge is 2.28. The molecule has 4 heteroatoms. The normalized spacial score (nSPS) is 19.8. The van der Waals surface area contributed by atoms with Crippen LogP contribution in [0.1, 0.15) is 42.8 Å². The molecule has 0 amide bonds. The molecule has 96 valence electrons. The van der Waals surface area contributed by atoms with Crippen molar-refractivity contribution in [1.29, 1.82) is 0 Å². The van der Waals surface area contributed by atoms with Crippen molar-refractivity contribution in [3.05, 3.63) is 16.1 Å². The van der Waals surface area contributed by atoms with Gasteiger partial charge in [0.25, 0.3) is 0 Å². The van der Waals surface area contributed by atoms with E-state index in [1.54, 1.807) is 11.3 Å². The molecule has 2 N–H and O–H groups in total. The summed E-state index contributed by atoms with van der Waals surface area (Å²) < 4.78 is 0. The number of nitrogens with two attached hydrogens (primary N) is 1. The van der Waals surface area contributed by atoms with Crippen molar-refractivity contribution in [1.82, 2.24) is 9.88 Å². The van der Waals surface area contributed by atoms with Crippen molar-refractivity contribution in [2.45, 2.75) is 51.1 Å². The molecule has 0 aliphatic heterocycles. The highest BCUT2D eigenvalue weighted by molar-refractivity contribution is 7.09. The second kappa shape index (κ2) is 5.46. The van der Waals surface area contributed by atoms with Crippen LogP contribution in [0, 0.1) is 6.92 Å². The van der Waals surface area contributed by atoms with E-state index in [1.807, 2.05) is 0 Å². The van der Waals surface area contributed by atoms with Crippen molar-refractivity contribution in [2.24, 2.45) is 5.73 Å². The van der Waals surface area contributed by atoms with Gasteiger partial charge in [0.05, 0.1) is 10.7 Å². The van der Waals surface area contributed by atoms with Crippen LogP contribution < -0.4 is 5.73 Å². The molecule has 3 nitrogen and oxygen atoms in total. The molecule has 0 atom stereocenters. The van der Waals surface area contributed by atoms with E-state index in [4.69, 9.17) is 5.73 Å². The lowest BCUT2D eigenvalue weighted by Gasteiger charge is -2.36. The van der Waals surface area contributed by atoms with Gasteiger partial charge in [-0.3, -0.25) is 4.90 Å². The molecule has 17 heavy (non-hydrogen) atoms. The molecule has 2 rings (SSSR count). The maximum atomic E-state index is 6.46. The molecular weight excluding hydrogens is 230 g/mol. The van der Waals surface area contributed by atoms with Crippen LogP contribution >= 0.6 is 11.3 Å². The lowest BCUT2D eigenvalue weighted by atomic mass is 9.82. The van der Waals surface area contributed by atoms with Gasteiger partial charge in [0.2, 0.25) is 0 Å². The average Bonchev–Trinajstić information content (AvgIpc) is 2.63. The van der Waals surface area contributed by atoms with Crippen molar-refractivity contribution in [3.8, 4) is 0 Å². The fraction of sp³-hybridized carbons (Fsp3) is 0.769. The molecular formula is C13H23N3S. The van der Waals surface area contributed by atoms with E-state index in [0.29, 0.717) is 0 Å². The summed E-state index contributed by atoms with van der Waals surface area (Å²) in [5.41, 5.74) is 7.67. The number of likely N-dealkylation sites (N-methyl/N-ethyl adjacent to an activating group) is 1. The Morgan fingerprint density at radius 2 is 2.12 bits per heavy atom. The summed E-state index contributed by atoms with van der Waals surface area (Å²) in [6.07, 6.45) is 6.29. The minimum atomic E-state index is 0.0397. The minimum absolute atomic E-state index is 0.0397. The summed E-state index contributed by atoms with van der Waals surface area (Å²) in [7, 11) is 2.15. The van der Waals surface area contributed by atoms with Gasteiger partial charge in [-0.1, -0.05) is 19.3 Å². The van der Waals surface area contributed by atoms with Crippen LogP contribution in [0.3, 0.4) is 0 Å². The third-order valence-corrected chi connectivity index (χ3v) is 4.35. The zero-order chi connectivity index (χ0) is 12.3. The Labute approximate surface area is 108 Å². The molecule has 1 aliphatic rings. The third-order valence-electron chi connectivity index (χ3n) is 3.53. The molecule has 1 heterocycles. The number of aromatic nitrogens is 1. The molecule has 1 fully saturated rings. The van der Waals surface area contributed by atoms with E-state index in [1.165, 1.54) is 37.8 Å². The number of hydrogen-bond acceptors (Lipinski definition) is 4. The quantitative estimate of drug-likeness (QED) is 0.896. The molecule has 1 aromatic heterocycles. The average molecular weight is 253 g/mol. The van der Waals surface area contributed by atoms with Gasteiger partial charge in [-0.25, -0.2) is 4.98 Å². The molecule has 0 saturated heterocycles. The van der Waals surface area contributed by atoms with Crippen LogP contribution in [-0.4, -0.2) is 29.0 Å². The summed E-state index contributed by atoms with van der Waals surface area (Å²) in [5.74, 6) is 0. The van der Waals surface area contributed by atoms with Gasteiger partial charge in [0, 0.05) is 24.0 Å². The van der Waals surface area contributed by atoms with E-state index in [-0.39, 0.29) is 5.54 Å². The highest BCUT2D eigenvalue weighted by Crippen LogP contribution is 2.26. The fourth-order valence-corrected chi connectivity index (χ4v) is 3.37. The van der Waals surface area contributed by atoms with Gasteiger partial charge in [0.15, 0.2) is 0 Å². The largest absolute Gasteiger partial charge is 0.324 e. The summed E-state index contributed by atoms with van der Waals surface area (Å²) in [6.45, 7) is 3.96. The van der Waals surface area contributed by atoms with Gasteiger partial charge >= 0.3 is 0 Å². The Bertz CT molecular complexity index is 355. The molecule has 0 aromatic carbocycles. The van der Waals surface area contributed by atoms with Crippen LogP contribution in [-0.2, 0) is 6.54 Å². The molecule has 1 saturated carbocycles. The van der Waals surface area contributed by atoms with E-state index < -0.39 is 0 Å². The summed E-state index contributed by atoms with van der Waals surface area (Å²) >= 11 is 1.72. The molecule has 1 aliphatic carbocycles. The van der Waals surface area contributed by atoms with Gasteiger partial charge in [-0.2, -0.15) is 0 Å². The standard InChI is InChI=1S/C13H23N3S/c1-11-15-12(9-17-11)8-16(2)10-13(14)6-4-3-5-7-13/h9H,3-8,10,14H2,1-2H3. The maximum absolute atomic E-state index is 6.46. The highest BCUT2D eigenvalue weighted by atomic mass is 32.1. The summed E-state index contributed by atoms with van der Waals surface area (Å²) in [6, 6.07) is 0. The zero-order valence-corrected chi connectivity index (χ0v) is 11.7. The van der Waals surface area contributed by atoms with Crippen molar-refractivity contribution in [3.63, 3.8) is 0 Å². The van der Waals surface area contributed by atoms with Crippen LogP contribution in [0.25, 0.3) is 0 Å². The molecule has 0 unspecified atom stereocenters. The number of rotatable bonds is 4. The second-order valence-corrected chi connectivity index (χ2v) is 6.52. The molecule has 0 spiro atoms. The van der Waals surface area contributed by atoms with Crippen LogP contribution in [0.15, 0.2) is 5.38 Å². The van der Waals surface area contributed by atoms with E-state index in [0.717, 1.165) is 18.1 Å². The van der Waals surface area contributed by atoms with Gasteiger partial charge in [-0.15, -0.1) is 11.3 Å². The zero-order valence-electron chi connectivity index (χ0n) is 10.9. The van der Waals surface area contributed by atoms with E-state index >= 15 is 0 Å². The predicted molar refractivity (Wildman–Crippen MR) is 73.2 cm³/mol. The van der Waals surface area contributed by atoms with E-state index in [9.17, 15) is 0 Å². The summed E-state index contributed by atoms with van der Waals surface area (Å²) in [5, 5.41) is 3.30. The Morgan fingerprint density at radius 1 is 1.41 bits per heavy atom. The fourth-order valence-electron chi connectivity index (χ4n) is 2.76. The number of thiazole rings is 1. The lowest BCUT2D eigenvalue weighted by molar-refractivity contribution is 0.192. The second-order valence-electron chi connectivity index (χ2n) is 5.45. The Morgan fingerprint density at radius 3 is 2.71 bits per heavy atom. The first kappa shape index (κ1) is 13.0. The Kier molecular flexibility index (Phi) is 4.17. The Balaban J connectivity index is 1.85. The predicted octanol–water partition coefficient (Wildman–Crippen LogP) is 2.54. The third kappa shape index (κ3) is 3.76. The van der Waals surface area contributed by atoms with Crippen LogP contribution in [0.5, 0.6) is 0 Å².